The van der Waals surface area contributed by atoms with Crippen molar-refractivity contribution in [2.45, 2.75) is 13.3 Å². The van der Waals surface area contributed by atoms with Crippen molar-refractivity contribution in [2.24, 2.45) is 5.73 Å². The van der Waals surface area contributed by atoms with Gasteiger partial charge < -0.3 is 11.1 Å². The number of nitrogens with one attached hydrogen (secondary N) is 1. The average Bonchev–Trinajstić information content (AvgIpc) is 2.05. The Kier molecular flexibility index (Phi) is 2.36. The van der Waals surface area contributed by atoms with Crippen LogP contribution in [0, 0.1) is 0 Å². The molecule has 0 aromatic carbocycles. The van der Waals surface area contributed by atoms with Crippen LogP contribution in [0.4, 0.5) is 0 Å². The largest absolute Gasteiger partial charge is 0.399 e. The van der Waals surface area contributed by atoms with Gasteiger partial charge in [-0.2, -0.15) is 0 Å². The minimum atomic E-state index is 0.859. The highest BCUT2D eigenvalue weighted by atomic mass is 14.8. The molecule has 0 aliphatic heterocycles. The Labute approximate surface area is 67.5 Å². The van der Waals surface area contributed by atoms with Gasteiger partial charge in [0.2, 0.25) is 0 Å². The quantitative estimate of drug-likeness (QED) is 0.591. The highest BCUT2D eigenvalue weighted by Crippen LogP contribution is 2.14. The fourth-order valence-electron chi connectivity index (χ4n) is 0.999. The van der Waals surface area contributed by atoms with Gasteiger partial charge in [-0.1, -0.05) is 12.2 Å². The molecule has 1 aliphatic rings. The smallest absolute Gasteiger partial charge is 0.0276 e. The Hall–Kier alpha value is -1.18. The number of hydrogen-bond acceptors (Lipinski definition) is 2. The zero-order chi connectivity index (χ0) is 8.27. The van der Waals surface area contributed by atoms with Crippen LogP contribution in [0.3, 0.4) is 0 Å². The molecule has 0 bridgehead atoms. The highest BCUT2D eigenvalue weighted by Gasteiger charge is 2.00. The second-order valence-electron chi connectivity index (χ2n) is 2.64. The number of allylic oxidation sites excluding steroid dienone is 5. The Morgan fingerprint density at radius 2 is 2.27 bits per heavy atom. The topological polar surface area (TPSA) is 38.0 Å². The second-order valence-corrected chi connectivity index (χ2v) is 2.64. The first-order valence-corrected chi connectivity index (χ1v) is 3.75. The Bertz CT molecular complexity index is 234. The normalized spacial score (nSPS) is 21.1. The fraction of sp³-hybridized carbons (Fsp3) is 0.333. The van der Waals surface area contributed by atoms with Crippen LogP contribution in [0.5, 0.6) is 0 Å². The zero-order valence-corrected chi connectivity index (χ0v) is 7.02. The minimum absolute atomic E-state index is 0.859. The van der Waals surface area contributed by atoms with Crippen molar-refractivity contribution >= 4 is 0 Å². The summed E-state index contributed by atoms with van der Waals surface area (Å²) in [7, 11) is 1.93. The third-order valence-electron chi connectivity index (χ3n) is 1.89. The van der Waals surface area contributed by atoms with Crippen LogP contribution in [0.25, 0.3) is 0 Å². The van der Waals surface area contributed by atoms with Gasteiger partial charge in [0.25, 0.3) is 0 Å². The Morgan fingerprint density at radius 3 is 2.73 bits per heavy atom. The van der Waals surface area contributed by atoms with E-state index in [1.165, 1.54) is 11.3 Å². The van der Waals surface area contributed by atoms with E-state index >= 15 is 0 Å². The molecular formula is C9H14N2. The van der Waals surface area contributed by atoms with Crippen LogP contribution in [-0.2, 0) is 0 Å². The summed E-state index contributed by atoms with van der Waals surface area (Å²) in [5.74, 6) is 0. The molecule has 1 rings (SSSR count). The lowest BCUT2D eigenvalue weighted by molar-refractivity contribution is 0.950. The molecule has 2 nitrogen and oxygen atoms in total. The van der Waals surface area contributed by atoms with Crippen molar-refractivity contribution in [2.75, 3.05) is 7.05 Å². The van der Waals surface area contributed by atoms with E-state index in [-0.39, 0.29) is 0 Å². The molecule has 0 fully saturated rings. The third-order valence-corrected chi connectivity index (χ3v) is 1.89. The number of hydrogen-bond donors (Lipinski definition) is 2. The van der Waals surface area contributed by atoms with Crippen LogP contribution < -0.4 is 11.1 Å². The van der Waals surface area contributed by atoms with Crippen LogP contribution >= 0.6 is 0 Å². The van der Waals surface area contributed by atoms with Crippen molar-refractivity contribution < 1.29 is 0 Å². The van der Waals surface area contributed by atoms with Crippen LogP contribution in [0.2, 0.25) is 0 Å². The maximum atomic E-state index is 5.57. The maximum absolute atomic E-state index is 5.57. The molecule has 0 heterocycles. The summed E-state index contributed by atoms with van der Waals surface area (Å²) < 4.78 is 0. The summed E-state index contributed by atoms with van der Waals surface area (Å²) in [4.78, 5) is 0. The molecule has 0 radical (unpaired) electrons. The van der Waals surface area contributed by atoms with Gasteiger partial charge in [0.05, 0.1) is 0 Å². The van der Waals surface area contributed by atoms with Gasteiger partial charge in [-0.25, -0.2) is 0 Å². The Balaban J connectivity index is 2.76. The van der Waals surface area contributed by atoms with E-state index in [0.29, 0.717) is 0 Å². The SMILES string of the molecule is CN/C(C)=C1/C=CC(N)=CC1. The molecule has 3 N–H and O–H groups in total. The molecule has 0 saturated heterocycles. The predicted molar refractivity (Wildman–Crippen MR) is 47.8 cm³/mol. The van der Waals surface area contributed by atoms with E-state index in [9.17, 15) is 0 Å². The average molecular weight is 150 g/mol. The van der Waals surface area contributed by atoms with Crippen molar-refractivity contribution in [1.29, 1.82) is 0 Å². The number of rotatable bonds is 1. The number of nitrogens with two attached hydrogens (primary N) is 1. The maximum Gasteiger partial charge on any atom is 0.0276 e. The molecule has 0 atom stereocenters. The summed E-state index contributed by atoms with van der Waals surface area (Å²) in [6.07, 6.45) is 6.95. The molecule has 0 amide bonds. The molecule has 0 saturated carbocycles. The Morgan fingerprint density at radius 1 is 1.55 bits per heavy atom. The lowest BCUT2D eigenvalue weighted by atomic mass is 10.0. The van der Waals surface area contributed by atoms with E-state index in [1.54, 1.807) is 0 Å². The third kappa shape index (κ3) is 1.87. The van der Waals surface area contributed by atoms with Crippen LogP contribution in [0.15, 0.2) is 35.2 Å². The fourth-order valence-corrected chi connectivity index (χ4v) is 0.999. The summed E-state index contributed by atoms with van der Waals surface area (Å²) in [6, 6.07) is 0. The molecule has 0 unspecified atom stereocenters. The van der Waals surface area contributed by atoms with Gasteiger partial charge in [0.1, 0.15) is 0 Å². The highest BCUT2D eigenvalue weighted by molar-refractivity contribution is 5.35. The van der Waals surface area contributed by atoms with Gasteiger partial charge in [-0.3, -0.25) is 0 Å². The van der Waals surface area contributed by atoms with E-state index in [1.807, 2.05) is 19.2 Å². The zero-order valence-electron chi connectivity index (χ0n) is 7.02. The molecule has 60 valence electrons. The van der Waals surface area contributed by atoms with Crippen molar-refractivity contribution in [3.8, 4) is 0 Å². The summed E-state index contributed by atoms with van der Waals surface area (Å²) >= 11 is 0. The van der Waals surface area contributed by atoms with Crippen molar-refractivity contribution in [1.82, 2.24) is 5.32 Å². The van der Waals surface area contributed by atoms with E-state index in [0.717, 1.165) is 12.1 Å². The molecule has 11 heavy (non-hydrogen) atoms. The molecule has 0 spiro atoms. The molecule has 2 heteroatoms. The van der Waals surface area contributed by atoms with Gasteiger partial charge in [-0.05, 0) is 25.0 Å². The lowest BCUT2D eigenvalue weighted by Gasteiger charge is -2.09. The van der Waals surface area contributed by atoms with Gasteiger partial charge >= 0.3 is 0 Å². The van der Waals surface area contributed by atoms with Crippen LogP contribution in [-0.4, -0.2) is 7.05 Å². The summed E-state index contributed by atoms with van der Waals surface area (Å²) in [5, 5.41) is 3.11. The summed E-state index contributed by atoms with van der Waals surface area (Å²) in [5.41, 5.74) is 8.95. The summed E-state index contributed by atoms with van der Waals surface area (Å²) in [6.45, 7) is 2.06. The molecular weight excluding hydrogens is 136 g/mol. The first kappa shape index (κ1) is 7.92. The standard InChI is InChI=1S/C9H14N2/c1-7(11-2)8-3-5-9(10)6-4-8/h3,5-6,11H,4,10H2,1-2H3/b8-7-. The van der Waals surface area contributed by atoms with Crippen LogP contribution in [0.1, 0.15) is 13.3 Å². The first-order chi connectivity index (χ1) is 5.24. The lowest BCUT2D eigenvalue weighted by Crippen LogP contribution is -2.06. The van der Waals surface area contributed by atoms with Gasteiger partial charge in [0.15, 0.2) is 0 Å². The van der Waals surface area contributed by atoms with Gasteiger partial charge in [-0.15, -0.1) is 0 Å². The molecule has 0 aromatic heterocycles. The van der Waals surface area contributed by atoms with E-state index in [2.05, 4.69) is 18.3 Å². The van der Waals surface area contributed by atoms with Crippen molar-refractivity contribution in [3.63, 3.8) is 0 Å². The van der Waals surface area contributed by atoms with E-state index < -0.39 is 0 Å². The van der Waals surface area contributed by atoms with E-state index in [4.69, 9.17) is 5.73 Å². The first-order valence-electron chi connectivity index (χ1n) is 3.75. The monoisotopic (exact) mass is 150 g/mol. The van der Waals surface area contributed by atoms with Gasteiger partial charge in [0, 0.05) is 18.4 Å². The predicted octanol–water partition coefficient (Wildman–Crippen LogP) is 1.28. The molecule has 1 aliphatic carbocycles. The van der Waals surface area contributed by atoms with Crippen molar-refractivity contribution in [3.05, 3.63) is 35.2 Å². The second kappa shape index (κ2) is 3.28. The molecule has 0 aromatic rings. The minimum Gasteiger partial charge on any atom is -0.399 e.